The van der Waals surface area contributed by atoms with Gasteiger partial charge in [0.25, 0.3) is 0 Å². The Morgan fingerprint density at radius 1 is 1.32 bits per heavy atom. The summed E-state index contributed by atoms with van der Waals surface area (Å²) in [7, 11) is 0. The number of hydrogen-bond donors (Lipinski definition) is 1. The predicted octanol–water partition coefficient (Wildman–Crippen LogP) is 2.21. The van der Waals surface area contributed by atoms with Crippen LogP contribution < -0.4 is 10.2 Å². The van der Waals surface area contributed by atoms with E-state index in [1.807, 2.05) is 30.9 Å². The second-order valence-corrected chi connectivity index (χ2v) is 4.43. The number of likely N-dealkylation sites (N-methyl/N-ethyl adjacent to an activating group) is 1. The van der Waals surface area contributed by atoms with Crippen LogP contribution in [0.2, 0.25) is 0 Å². The van der Waals surface area contributed by atoms with Crippen LogP contribution in [-0.2, 0) is 4.79 Å². The maximum Gasteiger partial charge on any atom is 0.242 e. The summed E-state index contributed by atoms with van der Waals surface area (Å²) in [5, 5.41) is 3.36. The first-order valence-corrected chi connectivity index (χ1v) is 6.61. The van der Waals surface area contributed by atoms with Crippen molar-refractivity contribution in [2.75, 3.05) is 42.9 Å². The molecule has 1 aliphatic rings. The molecule has 19 heavy (non-hydrogen) atoms. The molecule has 1 heterocycles. The van der Waals surface area contributed by atoms with E-state index < -0.39 is 0 Å². The number of halogens is 1. The number of carbonyl (C=O) groups is 1. The average molecular weight is 284 g/mol. The number of amides is 1. The lowest BCUT2D eigenvalue weighted by molar-refractivity contribution is -0.129. The molecule has 1 aromatic rings. The number of para-hydroxylation sites is 2. The molecule has 0 saturated carbocycles. The van der Waals surface area contributed by atoms with Gasteiger partial charge in [0.2, 0.25) is 5.91 Å². The number of nitrogens with one attached hydrogen (secondary N) is 1. The summed E-state index contributed by atoms with van der Waals surface area (Å²) in [6, 6.07) is 8.16. The van der Waals surface area contributed by atoms with Crippen molar-refractivity contribution in [1.82, 2.24) is 4.90 Å². The maximum atomic E-state index is 12.1. The maximum absolute atomic E-state index is 12.1. The van der Waals surface area contributed by atoms with Gasteiger partial charge in [0.05, 0.1) is 17.9 Å². The van der Waals surface area contributed by atoms with Crippen LogP contribution in [0.4, 0.5) is 11.4 Å². The summed E-state index contributed by atoms with van der Waals surface area (Å²) >= 11 is 0. The van der Waals surface area contributed by atoms with Crippen molar-refractivity contribution in [1.29, 1.82) is 0 Å². The van der Waals surface area contributed by atoms with Crippen molar-refractivity contribution in [3.8, 4) is 0 Å². The summed E-state index contributed by atoms with van der Waals surface area (Å²) in [6.45, 7) is 7.85. The van der Waals surface area contributed by atoms with Crippen molar-refractivity contribution in [2.45, 2.75) is 13.8 Å². The molecular weight excluding hydrogens is 262 g/mol. The highest BCUT2D eigenvalue weighted by atomic mass is 35.5. The molecule has 1 aromatic carbocycles. The molecule has 0 aromatic heterocycles. The molecule has 0 atom stereocenters. The molecule has 0 spiro atoms. The molecule has 1 N–H and O–H groups in total. The minimum absolute atomic E-state index is 0. The van der Waals surface area contributed by atoms with Crippen LogP contribution in [-0.4, -0.2) is 43.5 Å². The van der Waals surface area contributed by atoms with E-state index in [-0.39, 0.29) is 18.3 Å². The number of rotatable bonds is 4. The van der Waals surface area contributed by atoms with Gasteiger partial charge in [0.1, 0.15) is 0 Å². The first-order valence-electron chi connectivity index (χ1n) is 6.61. The van der Waals surface area contributed by atoms with Gasteiger partial charge in [0, 0.05) is 26.2 Å². The van der Waals surface area contributed by atoms with E-state index in [0.717, 1.165) is 37.6 Å². The molecule has 0 fully saturated rings. The van der Waals surface area contributed by atoms with Gasteiger partial charge in [0.15, 0.2) is 0 Å². The van der Waals surface area contributed by atoms with E-state index in [4.69, 9.17) is 0 Å². The number of carbonyl (C=O) groups excluding carboxylic acids is 1. The van der Waals surface area contributed by atoms with Gasteiger partial charge in [-0.25, -0.2) is 0 Å². The molecule has 0 bridgehead atoms. The Kier molecular flexibility index (Phi) is 5.96. The van der Waals surface area contributed by atoms with Gasteiger partial charge >= 0.3 is 0 Å². The first-order chi connectivity index (χ1) is 8.76. The zero-order valence-electron chi connectivity index (χ0n) is 11.6. The first kappa shape index (κ1) is 15.6. The number of fused-ring (bicyclic) bond motifs is 1. The van der Waals surface area contributed by atoms with Crippen LogP contribution in [0.5, 0.6) is 0 Å². The molecule has 0 radical (unpaired) electrons. The second kappa shape index (κ2) is 7.24. The Bertz CT molecular complexity index is 421. The Morgan fingerprint density at radius 2 is 2.00 bits per heavy atom. The lowest BCUT2D eigenvalue weighted by atomic mass is 10.2. The largest absolute Gasteiger partial charge is 0.382 e. The summed E-state index contributed by atoms with van der Waals surface area (Å²) in [6.07, 6.45) is 0. The van der Waals surface area contributed by atoms with E-state index in [1.165, 1.54) is 0 Å². The van der Waals surface area contributed by atoms with Gasteiger partial charge in [-0.15, -0.1) is 12.4 Å². The monoisotopic (exact) mass is 283 g/mol. The van der Waals surface area contributed by atoms with Gasteiger partial charge in [-0.05, 0) is 26.0 Å². The number of anilines is 2. The molecular formula is C14H22ClN3O. The van der Waals surface area contributed by atoms with Crippen LogP contribution >= 0.6 is 12.4 Å². The Labute approximate surface area is 121 Å². The van der Waals surface area contributed by atoms with Gasteiger partial charge in [-0.3, -0.25) is 4.79 Å². The van der Waals surface area contributed by atoms with Crippen molar-refractivity contribution >= 4 is 29.7 Å². The Hall–Kier alpha value is -1.42. The predicted molar refractivity (Wildman–Crippen MR) is 82.3 cm³/mol. The molecule has 106 valence electrons. The van der Waals surface area contributed by atoms with Crippen LogP contribution in [0, 0.1) is 0 Å². The molecule has 0 unspecified atom stereocenters. The standard InChI is InChI=1S/C14H21N3O.ClH/c1-3-16(4-2)14(18)11-17-10-9-15-12-7-5-6-8-13(12)17;/h5-8,15H,3-4,9-11H2,1-2H3;1H. The van der Waals surface area contributed by atoms with Crippen molar-refractivity contribution in [3.63, 3.8) is 0 Å². The lowest BCUT2D eigenvalue weighted by Gasteiger charge is -2.33. The summed E-state index contributed by atoms with van der Waals surface area (Å²) in [5.41, 5.74) is 2.25. The van der Waals surface area contributed by atoms with Crippen LogP contribution in [0.3, 0.4) is 0 Å². The van der Waals surface area contributed by atoms with Crippen LogP contribution in [0.15, 0.2) is 24.3 Å². The number of hydrogen-bond acceptors (Lipinski definition) is 3. The SMILES string of the molecule is CCN(CC)C(=O)CN1CCNc2ccccc21.Cl. The van der Waals surface area contributed by atoms with Crippen LogP contribution in [0.25, 0.3) is 0 Å². The fraction of sp³-hybridized carbons (Fsp3) is 0.500. The molecule has 0 aliphatic carbocycles. The van der Waals surface area contributed by atoms with Gasteiger partial charge < -0.3 is 15.1 Å². The average Bonchev–Trinajstić information content (AvgIpc) is 2.40. The van der Waals surface area contributed by atoms with E-state index in [0.29, 0.717) is 6.54 Å². The molecule has 2 rings (SSSR count). The van der Waals surface area contributed by atoms with Gasteiger partial charge in [-0.1, -0.05) is 12.1 Å². The third-order valence-corrected chi connectivity index (χ3v) is 3.38. The normalized spacial score (nSPS) is 13.1. The summed E-state index contributed by atoms with van der Waals surface area (Å²) in [5.74, 6) is 0.205. The zero-order chi connectivity index (χ0) is 13.0. The quantitative estimate of drug-likeness (QED) is 0.920. The molecule has 5 heteroatoms. The third kappa shape index (κ3) is 3.53. The summed E-state index contributed by atoms with van der Waals surface area (Å²) < 4.78 is 0. The number of nitrogens with zero attached hydrogens (tertiary/aromatic N) is 2. The minimum Gasteiger partial charge on any atom is -0.382 e. The second-order valence-electron chi connectivity index (χ2n) is 4.43. The fourth-order valence-corrected chi connectivity index (χ4v) is 2.35. The van der Waals surface area contributed by atoms with Crippen molar-refractivity contribution in [2.24, 2.45) is 0 Å². The van der Waals surface area contributed by atoms with Crippen molar-refractivity contribution < 1.29 is 4.79 Å². The topological polar surface area (TPSA) is 35.6 Å². The van der Waals surface area contributed by atoms with Crippen molar-refractivity contribution in [3.05, 3.63) is 24.3 Å². The minimum atomic E-state index is 0. The molecule has 1 aliphatic heterocycles. The number of benzene rings is 1. The lowest BCUT2D eigenvalue weighted by Crippen LogP contribution is -2.43. The van der Waals surface area contributed by atoms with Gasteiger partial charge in [-0.2, -0.15) is 0 Å². The highest BCUT2D eigenvalue weighted by molar-refractivity contribution is 5.85. The third-order valence-electron chi connectivity index (χ3n) is 3.38. The fourth-order valence-electron chi connectivity index (χ4n) is 2.35. The smallest absolute Gasteiger partial charge is 0.242 e. The molecule has 1 amide bonds. The molecule has 4 nitrogen and oxygen atoms in total. The Morgan fingerprint density at radius 3 is 2.68 bits per heavy atom. The highest BCUT2D eigenvalue weighted by Crippen LogP contribution is 2.28. The highest BCUT2D eigenvalue weighted by Gasteiger charge is 2.20. The van der Waals surface area contributed by atoms with E-state index >= 15 is 0 Å². The summed E-state index contributed by atoms with van der Waals surface area (Å²) in [4.78, 5) is 16.2. The van der Waals surface area contributed by atoms with E-state index in [1.54, 1.807) is 0 Å². The zero-order valence-corrected chi connectivity index (χ0v) is 12.4. The molecule has 0 saturated heterocycles. The van der Waals surface area contributed by atoms with Crippen LogP contribution in [0.1, 0.15) is 13.8 Å². The Balaban J connectivity index is 0.00000180. The van der Waals surface area contributed by atoms with E-state index in [9.17, 15) is 4.79 Å². The van der Waals surface area contributed by atoms with E-state index in [2.05, 4.69) is 22.3 Å².